The first-order chi connectivity index (χ1) is 15.9. The molecule has 0 aliphatic rings. The minimum absolute atomic E-state index is 0.0395. The van der Waals surface area contributed by atoms with E-state index in [1.54, 1.807) is 0 Å². The molecule has 0 saturated heterocycles. The van der Waals surface area contributed by atoms with Crippen LogP contribution < -0.4 is 10.6 Å². The molecule has 4 aromatic carbocycles. The third-order valence-corrected chi connectivity index (χ3v) is 6.57. The van der Waals surface area contributed by atoms with Crippen molar-refractivity contribution in [2.24, 2.45) is 0 Å². The number of anilines is 2. The van der Waals surface area contributed by atoms with E-state index in [2.05, 4.69) is 10.6 Å². The summed E-state index contributed by atoms with van der Waals surface area (Å²) in [5.41, 5.74) is 4.32. The Morgan fingerprint density at radius 1 is 0.788 bits per heavy atom. The Morgan fingerprint density at radius 2 is 1.52 bits per heavy atom. The van der Waals surface area contributed by atoms with E-state index in [1.165, 1.54) is 11.8 Å². The molecule has 5 heteroatoms. The zero-order valence-electron chi connectivity index (χ0n) is 18.9. The molecule has 4 rings (SSSR count). The van der Waals surface area contributed by atoms with Gasteiger partial charge >= 0.3 is 0 Å². The number of hydrogen-bond donors (Lipinski definition) is 2. The highest BCUT2D eigenvalue weighted by Crippen LogP contribution is 2.27. The summed E-state index contributed by atoms with van der Waals surface area (Å²) < 4.78 is 0. The molecule has 0 aromatic heterocycles. The number of carbonyl (C=O) groups is 2. The Morgan fingerprint density at radius 3 is 2.27 bits per heavy atom. The van der Waals surface area contributed by atoms with Gasteiger partial charge in [-0.25, -0.2) is 0 Å². The lowest BCUT2D eigenvalue weighted by Gasteiger charge is -2.14. The maximum absolute atomic E-state index is 12.7. The van der Waals surface area contributed by atoms with E-state index in [1.807, 2.05) is 106 Å². The van der Waals surface area contributed by atoms with Crippen LogP contribution in [0.15, 0.2) is 89.8 Å². The van der Waals surface area contributed by atoms with Gasteiger partial charge in [-0.2, -0.15) is 0 Å². The van der Waals surface area contributed by atoms with Crippen LogP contribution in [0.25, 0.3) is 10.8 Å². The largest absolute Gasteiger partial charge is 0.325 e. The van der Waals surface area contributed by atoms with Crippen molar-refractivity contribution in [3.05, 3.63) is 102 Å². The second-order valence-corrected chi connectivity index (χ2v) is 9.52. The molecule has 0 radical (unpaired) electrons. The summed E-state index contributed by atoms with van der Waals surface area (Å²) in [6.07, 6.45) is 0. The van der Waals surface area contributed by atoms with E-state index in [-0.39, 0.29) is 17.1 Å². The van der Waals surface area contributed by atoms with Gasteiger partial charge in [0, 0.05) is 21.8 Å². The summed E-state index contributed by atoms with van der Waals surface area (Å²) in [5, 5.41) is 7.84. The van der Waals surface area contributed by atoms with Crippen LogP contribution in [0, 0.1) is 13.8 Å². The average Bonchev–Trinajstić information content (AvgIpc) is 2.82. The second kappa shape index (κ2) is 9.92. The Hall–Kier alpha value is -3.57. The van der Waals surface area contributed by atoms with Crippen LogP contribution in [0.2, 0.25) is 0 Å². The Bertz CT molecular complexity index is 1320. The number of carbonyl (C=O) groups excluding carboxylic acids is 2. The first-order valence-corrected chi connectivity index (χ1v) is 11.7. The molecule has 0 aliphatic heterocycles. The molecule has 2 N–H and O–H groups in total. The number of rotatable bonds is 6. The quantitative estimate of drug-likeness (QED) is 0.314. The van der Waals surface area contributed by atoms with Gasteiger partial charge in [0.1, 0.15) is 0 Å². The summed E-state index contributed by atoms with van der Waals surface area (Å²) in [4.78, 5) is 26.3. The standard InChI is InChI=1S/C28H26N2O2S/c1-18-8-9-19(2)26(16-18)30-27(31)20(3)33-25-14-12-24(13-15-25)29-28(32)23-11-10-21-6-4-5-7-22(21)17-23/h4-17,20H,1-3H3,(H,29,32)(H,30,31). The number of amides is 2. The minimum atomic E-state index is -0.261. The SMILES string of the molecule is Cc1ccc(C)c(NC(=O)C(C)Sc2ccc(NC(=O)c3ccc4ccccc4c3)cc2)c1. The predicted molar refractivity (Wildman–Crippen MR) is 138 cm³/mol. The van der Waals surface area contributed by atoms with E-state index in [0.29, 0.717) is 11.3 Å². The van der Waals surface area contributed by atoms with E-state index in [9.17, 15) is 9.59 Å². The van der Waals surface area contributed by atoms with Crippen LogP contribution in [0.3, 0.4) is 0 Å². The van der Waals surface area contributed by atoms with E-state index >= 15 is 0 Å². The molecule has 0 bridgehead atoms. The number of hydrogen-bond acceptors (Lipinski definition) is 3. The molecule has 0 spiro atoms. The first-order valence-electron chi connectivity index (χ1n) is 10.8. The smallest absolute Gasteiger partial charge is 0.255 e. The normalized spacial score (nSPS) is 11.7. The highest BCUT2D eigenvalue weighted by atomic mass is 32.2. The lowest BCUT2D eigenvalue weighted by Crippen LogP contribution is -2.22. The molecule has 2 amide bonds. The van der Waals surface area contributed by atoms with Gasteiger partial charge in [0.25, 0.3) is 5.91 Å². The molecule has 1 unspecified atom stereocenters. The van der Waals surface area contributed by atoms with Crippen LogP contribution in [-0.4, -0.2) is 17.1 Å². The lowest BCUT2D eigenvalue weighted by molar-refractivity contribution is -0.115. The third-order valence-electron chi connectivity index (χ3n) is 5.46. The third kappa shape index (κ3) is 5.62. The van der Waals surface area contributed by atoms with Gasteiger partial charge in [-0.05, 0) is 85.1 Å². The van der Waals surface area contributed by atoms with Crippen molar-refractivity contribution >= 4 is 45.7 Å². The fraction of sp³-hybridized carbons (Fsp3) is 0.143. The van der Waals surface area contributed by atoms with Gasteiger partial charge in [0.05, 0.1) is 5.25 Å². The molecular formula is C28H26N2O2S. The van der Waals surface area contributed by atoms with Crippen molar-refractivity contribution in [2.75, 3.05) is 10.6 Å². The zero-order chi connectivity index (χ0) is 23.4. The Kier molecular flexibility index (Phi) is 6.80. The topological polar surface area (TPSA) is 58.2 Å². The zero-order valence-corrected chi connectivity index (χ0v) is 19.7. The number of fused-ring (bicyclic) bond motifs is 1. The molecule has 166 valence electrons. The Balaban J connectivity index is 1.36. The second-order valence-electron chi connectivity index (χ2n) is 8.11. The van der Waals surface area contributed by atoms with Crippen molar-refractivity contribution in [3.8, 4) is 0 Å². The van der Waals surface area contributed by atoms with Crippen LogP contribution >= 0.6 is 11.8 Å². The van der Waals surface area contributed by atoms with Gasteiger partial charge in [-0.15, -0.1) is 11.8 Å². The van der Waals surface area contributed by atoms with E-state index in [4.69, 9.17) is 0 Å². The minimum Gasteiger partial charge on any atom is -0.325 e. The molecule has 0 saturated carbocycles. The highest BCUT2D eigenvalue weighted by Gasteiger charge is 2.16. The predicted octanol–water partition coefficient (Wildman–Crippen LogP) is 6.83. The fourth-order valence-electron chi connectivity index (χ4n) is 3.51. The van der Waals surface area contributed by atoms with Crippen LogP contribution in [-0.2, 0) is 4.79 Å². The maximum Gasteiger partial charge on any atom is 0.255 e. The van der Waals surface area contributed by atoms with Crippen molar-refractivity contribution in [3.63, 3.8) is 0 Å². The number of benzene rings is 4. The average molecular weight is 455 g/mol. The van der Waals surface area contributed by atoms with Crippen LogP contribution in [0.5, 0.6) is 0 Å². The van der Waals surface area contributed by atoms with Crippen LogP contribution in [0.1, 0.15) is 28.4 Å². The molecule has 0 fully saturated rings. The maximum atomic E-state index is 12.7. The summed E-state index contributed by atoms with van der Waals surface area (Å²) in [6.45, 7) is 5.88. The number of nitrogens with one attached hydrogen (secondary N) is 2. The first kappa shape index (κ1) is 22.6. The van der Waals surface area contributed by atoms with Crippen molar-refractivity contribution in [1.82, 2.24) is 0 Å². The number of thioether (sulfide) groups is 1. The molecule has 4 nitrogen and oxygen atoms in total. The van der Waals surface area contributed by atoms with Crippen molar-refractivity contribution in [1.29, 1.82) is 0 Å². The molecule has 0 heterocycles. The Labute approximate surface area is 198 Å². The summed E-state index contributed by atoms with van der Waals surface area (Å²) in [5.74, 6) is -0.190. The van der Waals surface area contributed by atoms with Gasteiger partial charge in [0.2, 0.25) is 5.91 Å². The van der Waals surface area contributed by atoms with Crippen molar-refractivity contribution in [2.45, 2.75) is 30.9 Å². The van der Waals surface area contributed by atoms with Crippen LogP contribution in [0.4, 0.5) is 11.4 Å². The highest BCUT2D eigenvalue weighted by molar-refractivity contribution is 8.00. The van der Waals surface area contributed by atoms with Gasteiger partial charge in [-0.3, -0.25) is 9.59 Å². The fourth-order valence-corrected chi connectivity index (χ4v) is 4.38. The summed E-state index contributed by atoms with van der Waals surface area (Å²) in [6, 6.07) is 27.2. The lowest BCUT2D eigenvalue weighted by atomic mass is 10.1. The summed E-state index contributed by atoms with van der Waals surface area (Å²) >= 11 is 1.48. The van der Waals surface area contributed by atoms with E-state index in [0.717, 1.165) is 32.5 Å². The van der Waals surface area contributed by atoms with Gasteiger partial charge in [0.15, 0.2) is 0 Å². The molecule has 4 aromatic rings. The molecule has 1 atom stereocenters. The monoisotopic (exact) mass is 454 g/mol. The van der Waals surface area contributed by atoms with E-state index < -0.39 is 0 Å². The van der Waals surface area contributed by atoms with Gasteiger partial charge in [-0.1, -0.05) is 42.5 Å². The van der Waals surface area contributed by atoms with Gasteiger partial charge < -0.3 is 10.6 Å². The molecular weight excluding hydrogens is 428 g/mol. The molecule has 0 aliphatic carbocycles. The van der Waals surface area contributed by atoms with Crippen molar-refractivity contribution < 1.29 is 9.59 Å². The summed E-state index contributed by atoms with van der Waals surface area (Å²) in [7, 11) is 0. The number of aryl methyl sites for hydroxylation is 2. The molecule has 33 heavy (non-hydrogen) atoms.